The molecule has 2 heterocycles. The number of thiazole rings is 1. The molecule has 1 aromatic heterocycles. The van der Waals surface area contributed by atoms with Gasteiger partial charge in [-0.05, 0) is 12.8 Å². The monoisotopic (exact) mass is 286 g/mol. The molecule has 0 bridgehead atoms. The summed E-state index contributed by atoms with van der Waals surface area (Å²) in [4.78, 5) is 4.68. The van der Waals surface area contributed by atoms with E-state index in [4.69, 9.17) is 0 Å². The van der Waals surface area contributed by atoms with Crippen molar-refractivity contribution < 1.29 is 4.21 Å². The molecule has 102 valence electrons. The van der Waals surface area contributed by atoms with Crippen LogP contribution < -0.4 is 5.32 Å². The highest BCUT2D eigenvalue weighted by molar-refractivity contribution is 7.85. The molecular weight excluding hydrogens is 264 g/mol. The molecule has 1 aliphatic rings. The lowest BCUT2D eigenvalue weighted by Gasteiger charge is -2.22. The Morgan fingerprint density at radius 3 is 2.67 bits per heavy atom. The van der Waals surface area contributed by atoms with Gasteiger partial charge in [0.1, 0.15) is 0 Å². The average Bonchev–Trinajstić information content (AvgIpc) is 2.77. The molecule has 5 heteroatoms. The molecule has 0 amide bonds. The summed E-state index contributed by atoms with van der Waals surface area (Å²) in [5, 5.41) is 6.88. The zero-order chi connectivity index (χ0) is 13.2. The molecule has 1 saturated heterocycles. The second kappa shape index (κ2) is 5.80. The Morgan fingerprint density at radius 1 is 1.44 bits per heavy atom. The fourth-order valence-corrected chi connectivity index (χ4v) is 4.19. The van der Waals surface area contributed by atoms with Crippen LogP contribution in [0.3, 0.4) is 0 Å². The Balaban J connectivity index is 1.83. The van der Waals surface area contributed by atoms with Crippen LogP contribution in [-0.2, 0) is 22.8 Å². The number of hydrogen-bond acceptors (Lipinski definition) is 4. The van der Waals surface area contributed by atoms with E-state index in [1.807, 2.05) is 0 Å². The lowest BCUT2D eigenvalue weighted by molar-refractivity contribution is 0.471. The van der Waals surface area contributed by atoms with Gasteiger partial charge in [0.05, 0.1) is 10.7 Å². The highest BCUT2D eigenvalue weighted by Gasteiger charge is 2.19. The van der Waals surface area contributed by atoms with Crippen molar-refractivity contribution in [1.82, 2.24) is 10.3 Å². The molecule has 0 saturated carbocycles. The summed E-state index contributed by atoms with van der Waals surface area (Å²) in [6.07, 6.45) is 2.06. The summed E-state index contributed by atoms with van der Waals surface area (Å²) in [5.41, 5.74) is 1.28. The zero-order valence-electron chi connectivity index (χ0n) is 11.4. The Bertz CT molecular complexity index is 413. The van der Waals surface area contributed by atoms with Crippen molar-refractivity contribution >= 4 is 22.1 Å². The van der Waals surface area contributed by atoms with Crippen LogP contribution in [-0.4, -0.2) is 26.7 Å². The molecule has 1 N–H and O–H groups in total. The van der Waals surface area contributed by atoms with Gasteiger partial charge in [-0.3, -0.25) is 4.21 Å². The van der Waals surface area contributed by atoms with E-state index in [0.29, 0.717) is 6.04 Å². The maximum absolute atomic E-state index is 11.3. The molecule has 0 radical (unpaired) electrons. The minimum atomic E-state index is -0.570. The molecule has 0 aromatic carbocycles. The van der Waals surface area contributed by atoms with Crippen LogP contribution in [0.4, 0.5) is 0 Å². The summed E-state index contributed by atoms with van der Waals surface area (Å²) in [7, 11) is -0.570. The SMILES string of the molecule is CC(C)(C)c1nc(CNC2CCS(=O)CC2)cs1. The van der Waals surface area contributed by atoms with Crippen molar-refractivity contribution in [3.63, 3.8) is 0 Å². The standard InChI is InChI=1S/C13H22N2OS2/c1-13(2,3)12-15-11(9-17-12)8-14-10-4-6-18(16)7-5-10/h9-10,14H,4-8H2,1-3H3. The quantitative estimate of drug-likeness (QED) is 0.928. The summed E-state index contributed by atoms with van der Waals surface area (Å²) in [6.45, 7) is 7.42. The van der Waals surface area contributed by atoms with Gasteiger partial charge in [0.25, 0.3) is 0 Å². The van der Waals surface area contributed by atoms with Gasteiger partial charge in [0.15, 0.2) is 0 Å². The second-order valence-corrected chi connectivity index (χ2v) is 8.45. The van der Waals surface area contributed by atoms with E-state index < -0.39 is 10.8 Å². The Kier molecular flexibility index (Phi) is 4.56. The zero-order valence-corrected chi connectivity index (χ0v) is 13.0. The maximum Gasteiger partial charge on any atom is 0.0982 e. The molecule has 1 fully saturated rings. The molecule has 0 aliphatic carbocycles. The highest BCUT2D eigenvalue weighted by atomic mass is 32.2. The first kappa shape index (κ1) is 14.2. The lowest BCUT2D eigenvalue weighted by atomic mass is 9.98. The third-order valence-electron chi connectivity index (χ3n) is 3.15. The van der Waals surface area contributed by atoms with Gasteiger partial charge < -0.3 is 5.32 Å². The number of nitrogens with zero attached hydrogens (tertiary/aromatic N) is 1. The first-order valence-electron chi connectivity index (χ1n) is 6.48. The van der Waals surface area contributed by atoms with Crippen molar-refractivity contribution in [1.29, 1.82) is 0 Å². The van der Waals surface area contributed by atoms with Gasteiger partial charge >= 0.3 is 0 Å². The van der Waals surface area contributed by atoms with E-state index in [-0.39, 0.29) is 5.41 Å². The molecule has 18 heavy (non-hydrogen) atoms. The van der Waals surface area contributed by atoms with Crippen molar-refractivity contribution in [3.8, 4) is 0 Å². The molecule has 2 rings (SSSR count). The smallest absolute Gasteiger partial charge is 0.0982 e. The third-order valence-corrected chi connectivity index (χ3v) is 5.85. The minimum absolute atomic E-state index is 0.144. The maximum atomic E-state index is 11.3. The number of aromatic nitrogens is 1. The van der Waals surface area contributed by atoms with Gasteiger partial charge in [0.2, 0.25) is 0 Å². The van der Waals surface area contributed by atoms with Crippen LogP contribution in [0.1, 0.15) is 44.3 Å². The van der Waals surface area contributed by atoms with Crippen molar-refractivity contribution in [3.05, 3.63) is 16.1 Å². The first-order chi connectivity index (χ1) is 8.45. The number of rotatable bonds is 3. The molecule has 3 nitrogen and oxygen atoms in total. The van der Waals surface area contributed by atoms with Gasteiger partial charge in [-0.15, -0.1) is 11.3 Å². The highest BCUT2D eigenvalue weighted by Crippen LogP contribution is 2.25. The van der Waals surface area contributed by atoms with Crippen LogP contribution in [0, 0.1) is 0 Å². The number of hydrogen-bond donors (Lipinski definition) is 1. The Hall–Kier alpha value is -0.260. The summed E-state index contributed by atoms with van der Waals surface area (Å²) in [6, 6.07) is 0.516. The molecule has 0 spiro atoms. The molecule has 0 unspecified atom stereocenters. The predicted molar refractivity (Wildman–Crippen MR) is 78.6 cm³/mol. The molecule has 1 aromatic rings. The van der Waals surface area contributed by atoms with Crippen molar-refractivity contribution in [2.75, 3.05) is 11.5 Å². The average molecular weight is 286 g/mol. The van der Waals surface area contributed by atoms with E-state index in [1.165, 1.54) is 5.01 Å². The van der Waals surface area contributed by atoms with E-state index in [9.17, 15) is 4.21 Å². The Labute approximate surface area is 116 Å². The normalized spacial score (nSPS) is 25.3. The van der Waals surface area contributed by atoms with E-state index in [1.54, 1.807) is 11.3 Å². The number of nitrogens with one attached hydrogen (secondary N) is 1. The summed E-state index contributed by atoms with van der Waals surface area (Å²) in [5.74, 6) is 1.70. The van der Waals surface area contributed by atoms with Crippen LogP contribution in [0.2, 0.25) is 0 Å². The van der Waals surface area contributed by atoms with Crippen molar-refractivity contribution in [2.45, 2.75) is 51.6 Å². The first-order valence-corrected chi connectivity index (χ1v) is 8.85. The van der Waals surface area contributed by atoms with Crippen LogP contribution in [0.5, 0.6) is 0 Å². The van der Waals surface area contributed by atoms with Crippen LogP contribution in [0.15, 0.2) is 5.38 Å². The largest absolute Gasteiger partial charge is 0.308 e. The van der Waals surface area contributed by atoms with Gasteiger partial charge in [-0.1, -0.05) is 20.8 Å². The topological polar surface area (TPSA) is 42.0 Å². The third kappa shape index (κ3) is 3.87. The van der Waals surface area contributed by atoms with Gasteiger partial charge in [-0.2, -0.15) is 0 Å². The predicted octanol–water partition coefficient (Wildman–Crippen LogP) is 2.44. The molecule has 1 aliphatic heterocycles. The molecular formula is C13H22N2OS2. The lowest BCUT2D eigenvalue weighted by Crippen LogP contribution is -2.35. The van der Waals surface area contributed by atoms with E-state index >= 15 is 0 Å². The van der Waals surface area contributed by atoms with Crippen LogP contribution in [0.25, 0.3) is 0 Å². The molecule has 0 atom stereocenters. The second-order valence-electron chi connectivity index (χ2n) is 5.90. The fraction of sp³-hybridized carbons (Fsp3) is 0.769. The van der Waals surface area contributed by atoms with Gasteiger partial charge in [0, 0.05) is 45.7 Å². The van der Waals surface area contributed by atoms with Crippen molar-refractivity contribution in [2.24, 2.45) is 0 Å². The van der Waals surface area contributed by atoms with E-state index in [2.05, 4.69) is 36.5 Å². The Morgan fingerprint density at radius 2 is 2.11 bits per heavy atom. The minimum Gasteiger partial charge on any atom is -0.308 e. The summed E-state index contributed by atoms with van der Waals surface area (Å²) >= 11 is 1.74. The summed E-state index contributed by atoms with van der Waals surface area (Å²) < 4.78 is 11.3. The fourth-order valence-electron chi connectivity index (χ4n) is 1.98. The van der Waals surface area contributed by atoms with E-state index in [0.717, 1.165) is 36.6 Å². The van der Waals surface area contributed by atoms with Crippen LogP contribution >= 0.6 is 11.3 Å². The van der Waals surface area contributed by atoms with Gasteiger partial charge in [-0.25, -0.2) is 4.98 Å².